The zero-order chi connectivity index (χ0) is 42.0. The van der Waals surface area contributed by atoms with Crippen LogP contribution in [0.3, 0.4) is 0 Å². The summed E-state index contributed by atoms with van der Waals surface area (Å²) in [5, 5.41) is 20.4. The van der Waals surface area contributed by atoms with Crippen LogP contribution >= 0.6 is 0 Å². The average Bonchev–Trinajstić information content (AvgIpc) is 3.20. The lowest BCUT2D eigenvalue weighted by Crippen LogP contribution is -2.19. The van der Waals surface area contributed by atoms with Crippen molar-refractivity contribution in [3.05, 3.63) is 119 Å². The number of allylic oxidation sites excluding steroid dienone is 8. The van der Waals surface area contributed by atoms with Crippen molar-refractivity contribution in [1.82, 2.24) is 5.32 Å². The Hall–Kier alpha value is -3.70. The number of nitrogens with one attached hydrogen (secondary N) is 1. The van der Waals surface area contributed by atoms with E-state index in [1.54, 1.807) is 0 Å². The molecular weight excluding hydrogens is 703 g/mol. The minimum absolute atomic E-state index is 0.275. The quantitative estimate of drug-likeness (QED) is 0.0523. The van der Waals surface area contributed by atoms with Gasteiger partial charge in [0, 0.05) is 12.8 Å². The molecule has 2 aromatic carbocycles. The topological polar surface area (TPSA) is 86.6 Å². The molecule has 0 aliphatic heterocycles. The van der Waals surface area contributed by atoms with Crippen molar-refractivity contribution in [2.45, 2.75) is 188 Å². The summed E-state index contributed by atoms with van der Waals surface area (Å²) in [5.74, 6) is -1.34. The number of carboxylic acid groups (broad SMARTS) is 2. The van der Waals surface area contributed by atoms with E-state index in [0.29, 0.717) is 12.8 Å². The highest BCUT2D eigenvalue weighted by Gasteiger charge is 2.15. The number of aryl methyl sites for hydroxylation is 2. The summed E-state index contributed by atoms with van der Waals surface area (Å²) in [5.41, 5.74) is 5.36. The van der Waals surface area contributed by atoms with Crippen molar-refractivity contribution >= 4 is 11.9 Å². The molecule has 0 saturated heterocycles. The van der Waals surface area contributed by atoms with Crippen LogP contribution in [0, 0.1) is 13.8 Å². The second kappa shape index (κ2) is 40.5. The minimum Gasteiger partial charge on any atom is -0.481 e. The van der Waals surface area contributed by atoms with E-state index in [1.165, 1.54) is 112 Å². The molecule has 2 aromatic rings. The van der Waals surface area contributed by atoms with Gasteiger partial charge in [0.2, 0.25) is 0 Å². The SMILES string of the molecule is CCCCC/C=C\C/C=C\CCCCCCCC(=O)O.CCCCC/C=C\C/C=C\CCCCCCCC(=O)O.CNC(c1ccccc1C)c1ccccc1C. The second-order valence-electron chi connectivity index (χ2n) is 15.2. The molecule has 0 aliphatic carbocycles. The molecule has 0 atom stereocenters. The van der Waals surface area contributed by atoms with Crippen LogP contribution in [0.25, 0.3) is 0 Å². The third-order valence-electron chi connectivity index (χ3n) is 9.97. The van der Waals surface area contributed by atoms with Gasteiger partial charge in [0.1, 0.15) is 0 Å². The predicted molar refractivity (Wildman–Crippen MR) is 247 cm³/mol. The lowest BCUT2D eigenvalue weighted by molar-refractivity contribution is -0.138. The van der Waals surface area contributed by atoms with Crippen molar-refractivity contribution in [1.29, 1.82) is 0 Å². The monoisotopic (exact) mass is 786 g/mol. The second-order valence-corrected chi connectivity index (χ2v) is 15.2. The highest BCUT2D eigenvalue weighted by atomic mass is 16.4. The van der Waals surface area contributed by atoms with Gasteiger partial charge in [-0.3, -0.25) is 9.59 Å². The summed E-state index contributed by atoms with van der Waals surface area (Å²) in [6, 6.07) is 17.4. The molecule has 0 bridgehead atoms. The lowest BCUT2D eigenvalue weighted by atomic mass is 9.92. The van der Waals surface area contributed by atoms with E-state index in [9.17, 15) is 9.59 Å². The Morgan fingerprint density at radius 3 is 1.12 bits per heavy atom. The van der Waals surface area contributed by atoms with E-state index in [-0.39, 0.29) is 6.04 Å². The van der Waals surface area contributed by atoms with Crippen LogP contribution in [0.5, 0.6) is 0 Å². The van der Waals surface area contributed by atoms with E-state index in [2.05, 4.69) is 130 Å². The number of aliphatic carboxylic acids is 2. The maximum absolute atomic E-state index is 10.3. The van der Waals surface area contributed by atoms with Gasteiger partial charge < -0.3 is 15.5 Å². The summed E-state index contributed by atoms with van der Waals surface area (Å²) in [4.78, 5) is 20.6. The molecule has 0 fully saturated rings. The molecule has 0 amide bonds. The van der Waals surface area contributed by atoms with Gasteiger partial charge >= 0.3 is 11.9 Å². The third-order valence-corrected chi connectivity index (χ3v) is 9.97. The number of rotatable bonds is 31. The first-order valence-electron chi connectivity index (χ1n) is 22.6. The number of unbranched alkanes of at least 4 members (excludes halogenated alkanes) is 16. The molecule has 0 spiro atoms. The van der Waals surface area contributed by atoms with Gasteiger partial charge in [0.15, 0.2) is 0 Å². The third kappa shape index (κ3) is 34.1. The maximum atomic E-state index is 10.3. The molecule has 0 aliphatic rings. The van der Waals surface area contributed by atoms with Gasteiger partial charge in [0.25, 0.3) is 0 Å². The van der Waals surface area contributed by atoms with Crippen LogP contribution in [0.1, 0.15) is 196 Å². The van der Waals surface area contributed by atoms with Gasteiger partial charge in [-0.05, 0) is 120 Å². The number of hydrogen-bond acceptors (Lipinski definition) is 3. The van der Waals surface area contributed by atoms with Crippen molar-refractivity contribution in [3.63, 3.8) is 0 Å². The minimum atomic E-state index is -0.671. The molecule has 0 saturated carbocycles. The lowest BCUT2D eigenvalue weighted by Gasteiger charge is -2.21. The maximum Gasteiger partial charge on any atom is 0.303 e. The number of carboxylic acids is 2. The fourth-order valence-electron chi connectivity index (χ4n) is 6.48. The highest BCUT2D eigenvalue weighted by molar-refractivity contribution is 5.66. The zero-order valence-electron chi connectivity index (χ0n) is 37.0. The molecule has 5 heteroatoms. The largest absolute Gasteiger partial charge is 0.481 e. The molecule has 0 radical (unpaired) electrons. The first-order chi connectivity index (χ1) is 27.8. The summed E-state index contributed by atoms with van der Waals surface area (Å²) in [7, 11) is 2.02. The van der Waals surface area contributed by atoms with Crippen molar-refractivity contribution in [2.24, 2.45) is 0 Å². The van der Waals surface area contributed by atoms with E-state index < -0.39 is 11.9 Å². The average molecular weight is 786 g/mol. The van der Waals surface area contributed by atoms with Crippen LogP contribution < -0.4 is 5.32 Å². The van der Waals surface area contributed by atoms with Crippen molar-refractivity contribution in [2.75, 3.05) is 7.05 Å². The molecular formula is C52H83NO4. The van der Waals surface area contributed by atoms with E-state index >= 15 is 0 Å². The normalized spacial score (nSPS) is 11.4. The Bertz CT molecular complexity index is 1260. The Labute approximate surface area is 350 Å². The first-order valence-corrected chi connectivity index (χ1v) is 22.6. The first kappa shape index (κ1) is 53.3. The molecule has 57 heavy (non-hydrogen) atoms. The molecule has 320 valence electrons. The molecule has 2 rings (SSSR count). The summed E-state index contributed by atoms with van der Waals surface area (Å²) in [6.45, 7) is 8.80. The molecule has 0 aromatic heterocycles. The van der Waals surface area contributed by atoms with Crippen molar-refractivity contribution < 1.29 is 19.8 Å². The molecule has 0 unspecified atom stereocenters. The van der Waals surface area contributed by atoms with Gasteiger partial charge in [0.05, 0.1) is 6.04 Å². The Balaban J connectivity index is 0.000000827. The fraction of sp³-hybridized carbons (Fsp3) is 0.577. The van der Waals surface area contributed by atoms with E-state index in [0.717, 1.165) is 51.4 Å². The summed E-state index contributed by atoms with van der Waals surface area (Å²) < 4.78 is 0. The molecule has 0 heterocycles. The van der Waals surface area contributed by atoms with E-state index in [1.807, 2.05) is 7.05 Å². The van der Waals surface area contributed by atoms with Crippen molar-refractivity contribution in [3.8, 4) is 0 Å². The fourth-order valence-corrected chi connectivity index (χ4v) is 6.48. The van der Waals surface area contributed by atoms with Crippen LogP contribution in [0.2, 0.25) is 0 Å². The summed E-state index contributed by atoms with van der Waals surface area (Å²) >= 11 is 0. The van der Waals surface area contributed by atoms with Crippen LogP contribution in [-0.2, 0) is 9.59 Å². The standard InChI is InChI=1S/2C18H32O2.C16H19N/c2*1-2-3-4-5-6-7-8-9-10-11-12-13-14-15-16-17-18(19)20;1-12-8-4-6-10-14(12)16(17-3)15-11-7-5-9-13(15)2/h2*6-7,9-10H,2-5,8,11-17H2,1H3,(H,19,20);4-11,16-17H,1-3H3/b2*7-6-,10-9-;. The Kier molecular flexibility index (Phi) is 37.9. The summed E-state index contributed by atoms with van der Waals surface area (Å²) in [6.07, 6.45) is 44.6. The predicted octanol–water partition coefficient (Wildman–Crippen LogP) is 15.4. The number of carbonyl (C=O) groups is 2. The highest BCUT2D eigenvalue weighted by Crippen LogP contribution is 2.26. The Morgan fingerprint density at radius 1 is 0.491 bits per heavy atom. The van der Waals surface area contributed by atoms with Crippen LogP contribution in [-0.4, -0.2) is 29.2 Å². The number of benzene rings is 2. The number of hydrogen-bond donors (Lipinski definition) is 3. The van der Waals surface area contributed by atoms with Crippen LogP contribution in [0.15, 0.2) is 97.1 Å². The molecule has 3 N–H and O–H groups in total. The van der Waals surface area contributed by atoms with Gasteiger partial charge in [-0.2, -0.15) is 0 Å². The zero-order valence-corrected chi connectivity index (χ0v) is 37.0. The Morgan fingerprint density at radius 2 is 0.807 bits per heavy atom. The van der Waals surface area contributed by atoms with E-state index in [4.69, 9.17) is 10.2 Å². The molecule has 5 nitrogen and oxygen atoms in total. The smallest absolute Gasteiger partial charge is 0.303 e. The van der Waals surface area contributed by atoms with Gasteiger partial charge in [-0.25, -0.2) is 0 Å². The van der Waals surface area contributed by atoms with Gasteiger partial charge in [-0.15, -0.1) is 0 Å². The van der Waals surface area contributed by atoms with Gasteiger partial charge in [-0.1, -0.05) is 175 Å². The van der Waals surface area contributed by atoms with Crippen LogP contribution in [0.4, 0.5) is 0 Å².